The molecule has 0 unspecified atom stereocenters. The van der Waals surface area contributed by atoms with Crippen molar-refractivity contribution < 1.29 is 0 Å². The molecular formula is C20H21N5. The predicted octanol–water partition coefficient (Wildman–Crippen LogP) is 3.03. The minimum Gasteiger partial charge on any atom is -0.381 e. The van der Waals surface area contributed by atoms with Gasteiger partial charge in [0, 0.05) is 19.6 Å². The van der Waals surface area contributed by atoms with Gasteiger partial charge >= 0.3 is 0 Å². The molecule has 0 spiro atoms. The summed E-state index contributed by atoms with van der Waals surface area (Å²) in [5.74, 6) is 0.367. The summed E-state index contributed by atoms with van der Waals surface area (Å²) in [5.41, 5.74) is 4.46. The summed E-state index contributed by atoms with van der Waals surface area (Å²) in [5, 5.41) is 28.5. The number of benzene rings is 2. The third kappa shape index (κ3) is 3.91. The van der Waals surface area contributed by atoms with Crippen LogP contribution in [0.4, 0.5) is 11.4 Å². The van der Waals surface area contributed by atoms with E-state index in [0.717, 1.165) is 31.0 Å². The zero-order valence-corrected chi connectivity index (χ0v) is 14.2. The highest BCUT2D eigenvalue weighted by atomic mass is 15.1. The largest absolute Gasteiger partial charge is 0.381 e. The molecule has 0 radical (unpaired) electrons. The molecule has 0 amide bonds. The summed E-state index contributed by atoms with van der Waals surface area (Å²) in [6.45, 7) is 4.66. The van der Waals surface area contributed by atoms with Gasteiger partial charge in [0.15, 0.2) is 0 Å². The molecule has 0 fully saturated rings. The summed E-state index contributed by atoms with van der Waals surface area (Å²) in [6.07, 6.45) is 0. The van der Waals surface area contributed by atoms with Gasteiger partial charge in [0.05, 0.1) is 34.6 Å². The van der Waals surface area contributed by atoms with Crippen LogP contribution < -0.4 is 16.0 Å². The average Bonchev–Trinajstić information content (AvgIpc) is 2.67. The van der Waals surface area contributed by atoms with Crippen LogP contribution in [0.25, 0.3) is 0 Å². The number of anilines is 2. The Morgan fingerprint density at radius 2 is 1.96 bits per heavy atom. The van der Waals surface area contributed by atoms with Gasteiger partial charge < -0.3 is 16.0 Å². The molecule has 126 valence electrons. The van der Waals surface area contributed by atoms with Gasteiger partial charge in [0.1, 0.15) is 6.07 Å². The Labute approximate surface area is 148 Å². The van der Waals surface area contributed by atoms with Crippen LogP contribution in [0.1, 0.15) is 29.5 Å². The number of nitriles is 2. The monoisotopic (exact) mass is 331 g/mol. The molecule has 0 saturated carbocycles. The highest BCUT2D eigenvalue weighted by molar-refractivity contribution is 5.77. The van der Waals surface area contributed by atoms with Crippen LogP contribution in [-0.2, 0) is 0 Å². The van der Waals surface area contributed by atoms with Crippen LogP contribution in [-0.4, -0.2) is 25.7 Å². The Morgan fingerprint density at radius 1 is 1.16 bits per heavy atom. The molecule has 5 heteroatoms. The molecule has 1 heterocycles. The number of nitrogens with zero attached hydrogens (tertiary/aromatic N) is 2. The maximum Gasteiger partial charge on any atom is 0.101 e. The third-order valence-electron chi connectivity index (χ3n) is 4.52. The Hall–Kier alpha value is -3.02. The third-order valence-corrected chi connectivity index (χ3v) is 4.52. The van der Waals surface area contributed by atoms with Crippen molar-refractivity contribution in [2.24, 2.45) is 0 Å². The van der Waals surface area contributed by atoms with Gasteiger partial charge in [0.25, 0.3) is 0 Å². The van der Waals surface area contributed by atoms with E-state index in [1.165, 1.54) is 5.56 Å². The summed E-state index contributed by atoms with van der Waals surface area (Å²) >= 11 is 0. The van der Waals surface area contributed by atoms with Crippen molar-refractivity contribution in [1.82, 2.24) is 5.32 Å². The molecule has 0 bridgehead atoms. The first-order chi connectivity index (χ1) is 12.2. The molecule has 2 atom stereocenters. The van der Waals surface area contributed by atoms with E-state index in [2.05, 4.69) is 35.0 Å². The maximum atomic E-state index is 9.24. The summed E-state index contributed by atoms with van der Waals surface area (Å²) in [6, 6.07) is 18.1. The lowest BCUT2D eigenvalue weighted by Crippen LogP contribution is -2.42. The summed E-state index contributed by atoms with van der Waals surface area (Å²) in [4.78, 5) is 0. The second kappa shape index (κ2) is 7.70. The standard InChI is InChI=1S/C20H21N5/c1-14(16-7-5-15(9-21)6-8-16)11-23-12-18-13-24-19-4-2-3-17(10-22)20(19)25-18/h2-8,14,18,23-25H,11-13H2,1H3/t14-,18+/m1/s1. The predicted molar refractivity (Wildman–Crippen MR) is 99.5 cm³/mol. The maximum absolute atomic E-state index is 9.24. The van der Waals surface area contributed by atoms with Gasteiger partial charge in [-0.05, 0) is 35.7 Å². The Bertz CT molecular complexity index is 813. The molecule has 3 rings (SSSR count). The molecule has 5 nitrogen and oxygen atoms in total. The Balaban J connectivity index is 1.52. The fourth-order valence-electron chi connectivity index (χ4n) is 3.04. The van der Waals surface area contributed by atoms with E-state index in [0.29, 0.717) is 17.0 Å². The molecule has 2 aromatic rings. The van der Waals surface area contributed by atoms with Crippen molar-refractivity contribution >= 4 is 11.4 Å². The van der Waals surface area contributed by atoms with Crippen LogP contribution in [0, 0.1) is 22.7 Å². The van der Waals surface area contributed by atoms with E-state index in [4.69, 9.17) is 5.26 Å². The highest BCUT2D eigenvalue weighted by Crippen LogP contribution is 2.29. The lowest BCUT2D eigenvalue weighted by Gasteiger charge is -2.29. The van der Waals surface area contributed by atoms with Crippen molar-refractivity contribution in [3.63, 3.8) is 0 Å². The number of para-hydroxylation sites is 1. The van der Waals surface area contributed by atoms with Gasteiger partial charge in [0.2, 0.25) is 0 Å². The first-order valence-electron chi connectivity index (χ1n) is 8.45. The molecule has 0 saturated heterocycles. The SMILES string of the molecule is C[C@H](CNC[C@H]1CNc2cccc(C#N)c2N1)c1ccc(C#N)cc1. The van der Waals surface area contributed by atoms with Crippen molar-refractivity contribution in [2.45, 2.75) is 18.9 Å². The normalized spacial score (nSPS) is 16.5. The van der Waals surface area contributed by atoms with E-state index < -0.39 is 0 Å². The van der Waals surface area contributed by atoms with E-state index >= 15 is 0 Å². The fourth-order valence-corrected chi connectivity index (χ4v) is 3.04. The molecular weight excluding hydrogens is 310 g/mol. The zero-order valence-electron chi connectivity index (χ0n) is 14.2. The second-order valence-corrected chi connectivity index (χ2v) is 6.36. The Kier molecular flexibility index (Phi) is 5.18. The van der Waals surface area contributed by atoms with Crippen molar-refractivity contribution in [3.8, 4) is 12.1 Å². The highest BCUT2D eigenvalue weighted by Gasteiger charge is 2.19. The molecule has 2 aromatic carbocycles. The molecule has 0 aromatic heterocycles. The smallest absolute Gasteiger partial charge is 0.101 e. The first kappa shape index (κ1) is 16.8. The van der Waals surface area contributed by atoms with E-state index in [-0.39, 0.29) is 6.04 Å². The lowest BCUT2D eigenvalue weighted by atomic mass is 10.00. The number of rotatable bonds is 5. The van der Waals surface area contributed by atoms with Crippen LogP contribution >= 0.6 is 0 Å². The number of hydrogen-bond acceptors (Lipinski definition) is 5. The van der Waals surface area contributed by atoms with Gasteiger partial charge in [-0.25, -0.2) is 0 Å². The van der Waals surface area contributed by atoms with Gasteiger partial charge in [-0.1, -0.05) is 25.1 Å². The number of fused-ring (bicyclic) bond motifs is 1. The van der Waals surface area contributed by atoms with Crippen LogP contribution in [0.5, 0.6) is 0 Å². The van der Waals surface area contributed by atoms with Gasteiger partial charge in [-0.3, -0.25) is 0 Å². The topological polar surface area (TPSA) is 83.7 Å². The number of nitrogens with one attached hydrogen (secondary N) is 3. The molecule has 1 aliphatic heterocycles. The minimum absolute atomic E-state index is 0.232. The van der Waals surface area contributed by atoms with Crippen molar-refractivity contribution in [1.29, 1.82) is 10.5 Å². The average molecular weight is 331 g/mol. The van der Waals surface area contributed by atoms with Gasteiger partial charge in [-0.2, -0.15) is 10.5 Å². The molecule has 0 aliphatic carbocycles. The lowest BCUT2D eigenvalue weighted by molar-refractivity contribution is 0.573. The van der Waals surface area contributed by atoms with E-state index in [9.17, 15) is 5.26 Å². The number of hydrogen-bond donors (Lipinski definition) is 3. The van der Waals surface area contributed by atoms with Crippen LogP contribution in [0.2, 0.25) is 0 Å². The summed E-state index contributed by atoms with van der Waals surface area (Å²) < 4.78 is 0. The molecule has 25 heavy (non-hydrogen) atoms. The second-order valence-electron chi connectivity index (χ2n) is 6.36. The van der Waals surface area contributed by atoms with Crippen LogP contribution in [0.15, 0.2) is 42.5 Å². The van der Waals surface area contributed by atoms with E-state index in [1.54, 1.807) is 0 Å². The van der Waals surface area contributed by atoms with Crippen molar-refractivity contribution in [3.05, 3.63) is 59.2 Å². The molecule has 1 aliphatic rings. The van der Waals surface area contributed by atoms with Crippen LogP contribution in [0.3, 0.4) is 0 Å². The quantitative estimate of drug-likeness (QED) is 0.784. The summed E-state index contributed by atoms with van der Waals surface area (Å²) in [7, 11) is 0. The molecule has 3 N–H and O–H groups in total. The van der Waals surface area contributed by atoms with E-state index in [1.807, 2.05) is 42.5 Å². The van der Waals surface area contributed by atoms with Crippen molar-refractivity contribution in [2.75, 3.05) is 30.3 Å². The Morgan fingerprint density at radius 3 is 2.68 bits per heavy atom. The van der Waals surface area contributed by atoms with Gasteiger partial charge in [-0.15, -0.1) is 0 Å². The first-order valence-corrected chi connectivity index (χ1v) is 8.45. The zero-order chi connectivity index (χ0) is 17.6. The fraction of sp³-hybridized carbons (Fsp3) is 0.300. The minimum atomic E-state index is 0.232.